The lowest BCUT2D eigenvalue weighted by Gasteiger charge is -2.24. The summed E-state index contributed by atoms with van der Waals surface area (Å²) >= 11 is 6.14. The third-order valence-corrected chi connectivity index (χ3v) is 2.97. The van der Waals surface area contributed by atoms with E-state index in [-0.39, 0.29) is 0 Å². The van der Waals surface area contributed by atoms with Gasteiger partial charge in [0, 0.05) is 35.4 Å². The molecular weight excluding hydrogens is 250 g/mol. The number of aliphatic carboxylic acids is 1. The second-order valence-electron chi connectivity index (χ2n) is 3.92. The molecule has 1 rings (SSSR count). The van der Waals surface area contributed by atoms with E-state index < -0.39 is 5.97 Å². The molecule has 0 aliphatic carbocycles. The van der Waals surface area contributed by atoms with Crippen molar-refractivity contribution in [2.24, 2.45) is 0 Å². The molecule has 4 heteroatoms. The zero-order chi connectivity index (χ0) is 13.5. The zero-order valence-corrected chi connectivity index (χ0v) is 11.4. The lowest BCUT2D eigenvalue weighted by molar-refractivity contribution is -0.131. The summed E-state index contributed by atoms with van der Waals surface area (Å²) in [6.07, 6.45) is 3.70. The van der Waals surface area contributed by atoms with Crippen LogP contribution in [0.4, 0.5) is 5.69 Å². The number of rotatable bonds is 6. The largest absolute Gasteiger partial charge is 0.478 e. The molecule has 0 unspecified atom stereocenters. The molecule has 0 aliphatic heterocycles. The molecule has 0 spiro atoms. The van der Waals surface area contributed by atoms with Gasteiger partial charge in [-0.1, -0.05) is 24.6 Å². The van der Waals surface area contributed by atoms with Crippen molar-refractivity contribution in [3.05, 3.63) is 34.9 Å². The number of carbonyl (C=O) groups is 1. The van der Waals surface area contributed by atoms with Crippen LogP contribution in [0.5, 0.6) is 0 Å². The number of hydrogen-bond acceptors (Lipinski definition) is 2. The minimum absolute atomic E-state index is 0.569. The van der Waals surface area contributed by atoms with Gasteiger partial charge >= 0.3 is 5.97 Å². The van der Waals surface area contributed by atoms with Gasteiger partial charge in [0.15, 0.2) is 0 Å². The monoisotopic (exact) mass is 267 g/mol. The van der Waals surface area contributed by atoms with Gasteiger partial charge in [0.2, 0.25) is 0 Å². The van der Waals surface area contributed by atoms with Crippen LogP contribution in [0.1, 0.15) is 25.8 Å². The van der Waals surface area contributed by atoms with Crippen LogP contribution in [0.3, 0.4) is 0 Å². The Labute approximate surface area is 113 Å². The van der Waals surface area contributed by atoms with Gasteiger partial charge in [0.05, 0.1) is 0 Å². The fourth-order valence-corrected chi connectivity index (χ4v) is 2.07. The first kappa shape index (κ1) is 14.6. The molecule has 0 bridgehead atoms. The van der Waals surface area contributed by atoms with Gasteiger partial charge in [-0.25, -0.2) is 4.79 Å². The number of hydrogen-bond donors (Lipinski definition) is 1. The Kier molecular flexibility index (Phi) is 5.72. The summed E-state index contributed by atoms with van der Waals surface area (Å²) in [5.41, 5.74) is 1.74. The van der Waals surface area contributed by atoms with Crippen molar-refractivity contribution in [2.75, 3.05) is 18.0 Å². The summed E-state index contributed by atoms with van der Waals surface area (Å²) in [7, 11) is 0. The summed E-state index contributed by atoms with van der Waals surface area (Å²) in [6, 6.07) is 5.62. The minimum atomic E-state index is -0.973. The van der Waals surface area contributed by atoms with E-state index in [4.69, 9.17) is 16.7 Å². The summed E-state index contributed by atoms with van der Waals surface area (Å²) in [6.45, 7) is 5.97. The predicted molar refractivity (Wildman–Crippen MR) is 76.3 cm³/mol. The van der Waals surface area contributed by atoms with Crippen LogP contribution in [-0.2, 0) is 4.79 Å². The molecule has 18 heavy (non-hydrogen) atoms. The van der Waals surface area contributed by atoms with Crippen LogP contribution < -0.4 is 4.90 Å². The molecule has 0 saturated carbocycles. The molecule has 1 aromatic rings. The lowest BCUT2D eigenvalue weighted by Crippen LogP contribution is -2.24. The average Bonchev–Trinajstić information content (AvgIpc) is 2.34. The Bertz CT molecular complexity index is 443. The molecule has 0 aromatic heterocycles. The van der Waals surface area contributed by atoms with E-state index in [2.05, 4.69) is 18.7 Å². The van der Waals surface area contributed by atoms with Gasteiger partial charge in [-0.15, -0.1) is 0 Å². The molecule has 1 aromatic carbocycles. The Morgan fingerprint density at radius 2 is 2.17 bits per heavy atom. The van der Waals surface area contributed by atoms with E-state index >= 15 is 0 Å². The van der Waals surface area contributed by atoms with Crippen LogP contribution in [-0.4, -0.2) is 24.2 Å². The highest BCUT2D eigenvalue weighted by Crippen LogP contribution is 2.29. The summed E-state index contributed by atoms with van der Waals surface area (Å²) in [5.74, 6) is -0.973. The third kappa shape index (κ3) is 3.77. The van der Waals surface area contributed by atoms with Gasteiger partial charge in [-0.05, 0) is 31.6 Å². The highest BCUT2D eigenvalue weighted by molar-refractivity contribution is 6.32. The molecule has 1 N–H and O–H groups in total. The molecule has 0 aliphatic rings. The molecule has 0 fully saturated rings. The Morgan fingerprint density at radius 1 is 1.44 bits per heavy atom. The molecule has 98 valence electrons. The van der Waals surface area contributed by atoms with Crippen molar-refractivity contribution >= 4 is 29.3 Å². The van der Waals surface area contributed by atoms with Gasteiger partial charge in [-0.2, -0.15) is 0 Å². The van der Waals surface area contributed by atoms with Crippen molar-refractivity contribution in [3.8, 4) is 0 Å². The fourth-order valence-electron chi connectivity index (χ4n) is 1.84. The van der Waals surface area contributed by atoms with Gasteiger partial charge in [0.1, 0.15) is 0 Å². The highest BCUT2D eigenvalue weighted by atomic mass is 35.5. The normalized spacial score (nSPS) is 10.8. The minimum Gasteiger partial charge on any atom is -0.478 e. The average molecular weight is 268 g/mol. The number of benzene rings is 1. The molecular formula is C14H18ClNO2. The maximum Gasteiger partial charge on any atom is 0.328 e. The van der Waals surface area contributed by atoms with E-state index in [0.717, 1.165) is 36.8 Å². The second-order valence-corrected chi connectivity index (χ2v) is 4.33. The Morgan fingerprint density at radius 3 is 2.72 bits per heavy atom. The lowest BCUT2D eigenvalue weighted by atomic mass is 10.1. The van der Waals surface area contributed by atoms with E-state index in [9.17, 15) is 4.79 Å². The predicted octanol–water partition coefficient (Wildman–Crippen LogP) is 3.67. The van der Waals surface area contributed by atoms with Gasteiger partial charge in [-0.3, -0.25) is 0 Å². The first-order chi connectivity index (χ1) is 8.60. The second kappa shape index (κ2) is 7.07. The van der Waals surface area contributed by atoms with Crippen molar-refractivity contribution in [1.82, 2.24) is 0 Å². The Balaban J connectivity index is 3.17. The van der Waals surface area contributed by atoms with E-state index in [1.807, 2.05) is 12.1 Å². The quantitative estimate of drug-likeness (QED) is 0.800. The molecule has 0 heterocycles. The van der Waals surface area contributed by atoms with Gasteiger partial charge in [0.25, 0.3) is 0 Å². The number of anilines is 1. The number of halogens is 1. The fraction of sp³-hybridized carbons (Fsp3) is 0.357. The first-order valence-electron chi connectivity index (χ1n) is 6.04. The van der Waals surface area contributed by atoms with Crippen LogP contribution in [0.15, 0.2) is 24.3 Å². The standard InChI is InChI=1S/C14H18ClNO2/c1-3-10-16(4-2)13-7-5-6-12(15)11(13)8-9-14(17)18/h5-9H,3-4,10H2,1-2H3,(H,17,18)/b9-8+. The molecule has 3 nitrogen and oxygen atoms in total. The SMILES string of the molecule is CCCN(CC)c1cccc(Cl)c1/C=C/C(=O)O. The van der Waals surface area contributed by atoms with Crippen LogP contribution >= 0.6 is 11.6 Å². The first-order valence-corrected chi connectivity index (χ1v) is 6.42. The number of carboxylic acids is 1. The van der Waals surface area contributed by atoms with Crippen molar-refractivity contribution in [1.29, 1.82) is 0 Å². The highest BCUT2D eigenvalue weighted by Gasteiger charge is 2.10. The maximum absolute atomic E-state index is 10.6. The Hall–Kier alpha value is -1.48. The van der Waals surface area contributed by atoms with Crippen molar-refractivity contribution in [3.63, 3.8) is 0 Å². The van der Waals surface area contributed by atoms with E-state index in [0.29, 0.717) is 5.02 Å². The van der Waals surface area contributed by atoms with Crippen molar-refractivity contribution < 1.29 is 9.90 Å². The zero-order valence-electron chi connectivity index (χ0n) is 10.7. The van der Waals surface area contributed by atoms with Crippen LogP contribution in [0.25, 0.3) is 6.08 Å². The van der Waals surface area contributed by atoms with Crippen molar-refractivity contribution in [2.45, 2.75) is 20.3 Å². The maximum atomic E-state index is 10.6. The van der Waals surface area contributed by atoms with Crippen LogP contribution in [0, 0.1) is 0 Å². The number of carboxylic acid groups (broad SMARTS) is 1. The van der Waals surface area contributed by atoms with Gasteiger partial charge < -0.3 is 10.0 Å². The summed E-state index contributed by atoms with van der Waals surface area (Å²) < 4.78 is 0. The molecule has 0 amide bonds. The van der Waals surface area contributed by atoms with E-state index in [1.165, 1.54) is 0 Å². The summed E-state index contributed by atoms with van der Waals surface area (Å²) in [5, 5.41) is 9.28. The molecule has 0 saturated heterocycles. The van der Waals surface area contributed by atoms with Crippen LogP contribution in [0.2, 0.25) is 5.02 Å². The number of nitrogens with zero attached hydrogens (tertiary/aromatic N) is 1. The molecule has 0 radical (unpaired) electrons. The summed E-state index contributed by atoms with van der Waals surface area (Å²) in [4.78, 5) is 12.8. The third-order valence-electron chi connectivity index (χ3n) is 2.64. The smallest absolute Gasteiger partial charge is 0.328 e. The van der Waals surface area contributed by atoms with E-state index in [1.54, 1.807) is 12.1 Å². The topological polar surface area (TPSA) is 40.5 Å². The molecule has 0 atom stereocenters.